The monoisotopic (exact) mass is 329 g/mol. The maximum absolute atomic E-state index is 6.42. The van der Waals surface area contributed by atoms with Crippen molar-refractivity contribution >= 4 is 44.2 Å². The maximum Gasteiger partial charge on any atom is 0.174 e. The number of anilines is 1. The van der Waals surface area contributed by atoms with Gasteiger partial charge >= 0.3 is 0 Å². The molecule has 0 saturated heterocycles. The van der Waals surface area contributed by atoms with Crippen LogP contribution in [0.15, 0.2) is 23.6 Å². The molecule has 22 heavy (non-hydrogen) atoms. The lowest BCUT2D eigenvalue weighted by atomic mass is 10.2. The summed E-state index contributed by atoms with van der Waals surface area (Å²) >= 11 is 3.34. The Kier molecular flexibility index (Phi) is 2.92. The van der Waals surface area contributed by atoms with Crippen LogP contribution in [0.1, 0.15) is 10.6 Å². The minimum Gasteiger partial charge on any atom is -0.487 e. The summed E-state index contributed by atoms with van der Waals surface area (Å²) in [4.78, 5) is 6.01. The third-order valence-electron chi connectivity index (χ3n) is 3.89. The summed E-state index contributed by atoms with van der Waals surface area (Å²) in [6, 6.07) is 6.28. The minimum absolute atomic E-state index is 0.684. The Hall–Kier alpha value is -2.05. The van der Waals surface area contributed by atoms with Gasteiger partial charge in [-0.1, -0.05) is 0 Å². The smallest absolute Gasteiger partial charge is 0.174 e. The number of thiophene rings is 2. The number of pyridine rings is 1. The van der Waals surface area contributed by atoms with E-state index in [4.69, 9.17) is 15.5 Å². The molecule has 0 aromatic carbocycles. The quantitative estimate of drug-likeness (QED) is 0.590. The molecule has 112 valence electrons. The van der Waals surface area contributed by atoms with Crippen molar-refractivity contribution in [2.24, 2.45) is 0 Å². The van der Waals surface area contributed by atoms with Gasteiger partial charge in [-0.2, -0.15) is 0 Å². The molecule has 0 aliphatic carbocycles. The van der Waals surface area contributed by atoms with Crippen LogP contribution in [0, 0.1) is 13.8 Å². The van der Waals surface area contributed by atoms with Crippen molar-refractivity contribution in [1.82, 2.24) is 9.38 Å². The molecule has 0 unspecified atom stereocenters. The van der Waals surface area contributed by atoms with Gasteiger partial charge in [0.2, 0.25) is 0 Å². The largest absolute Gasteiger partial charge is 0.487 e. The van der Waals surface area contributed by atoms with E-state index in [2.05, 4.69) is 31.4 Å². The molecule has 0 saturated carbocycles. The van der Waals surface area contributed by atoms with Gasteiger partial charge in [0, 0.05) is 32.3 Å². The number of hydrogen-bond acceptors (Lipinski definition) is 5. The van der Waals surface area contributed by atoms with E-state index in [9.17, 15) is 0 Å². The van der Waals surface area contributed by atoms with Crippen molar-refractivity contribution in [2.45, 2.75) is 13.8 Å². The predicted molar refractivity (Wildman–Crippen MR) is 94.3 cm³/mol. The zero-order chi connectivity index (χ0) is 15.4. The fraction of sp³-hybridized carbons (Fsp3) is 0.188. The highest BCUT2D eigenvalue weighted by atomic mass is 32.1. The van der Waals surface area contributed by atoms with Crippen LogP contribution in [0.4, 0.5) is 5.82 Å². The van der Waals surface area contributed by atoms with Crippen molar-refractivity contribution in [2.75, 3.05) is 12.8 Å². The van der Waals surface area contributed by atoms with Gasteiger partial charge < -0.3 is 10.5 Å². The van der Waals surface area contributed by atoms with Gasteiger partial charge in [0.15, 0.2) is 5.06 Å². The first-order chi connectivity index (χ1) is 10.6. The van der Waals surface area contributed by atoms with Gasteiger partial charge in [-0.3, -0.25) is 4.40 Å². The van der Waals surface area contributed by atoms with Gasteiger partial charge in [-0.05, 0) is 31.4 Å². The van der Waals surface area contributed by atoms with Crippen LogP contribution < -0.4 is 10.5 Å². The number of nitrogen functional groups attached to an aromatic ring is 1. The molecule has 0 atom stereocenters. The lowest BCUT2D eigenvalue weighted by molar-refractivity contribution is 0.427. The highest BCUT2D eigenvalue weighted by Crippen LogP contribution is 2.39. The first kappa shape index (κ1) is 13.6. The summed E-state index contributed by atoms with van der Waals surface area (Å²) in [5.41, 5.74) is 10.3. The third-order valence-corrected chi connectivity index (χ3v) is 5.77. The van der Waals surface area contributed by atoms with Gasteiger partial charge in [0.05, 0.1) is 7.11 Å². The number of fused-ring (bicyclic) bond motifs is 3. The molecule has 4 heterocycles. The van der Waals surface area contributed by atoms with Gasteiger partial charge in [0.25, 0.3) is 0 Å². The fourth-order valence-electron chi connectivity index (χ4n) is 2.83. The van der Waals surface area contributed by atoms with Crippen LogP contribution in [0.2, 0.25) is 0 Å². The van der Waals surface area contributed by atoms with E-state index < -0.39 is 0 Å². The second-order valence-corrected chi connectivity index (χ2v) is 7.39. The summed E-state index contributed by atoms with van der Waals surface area (Å²) in [5.74, 6) is 0.684. The third kappa shape index (κ3) is 1.77. The zero-order valence-electron chi connectivity index (χ0n) is 12.5. The first-order valence-corrected chi connectivity index (χ1v) is 8.59. The molecular weight excluding hydrogens is 314 g/mol. The Morgan fingerprint density at radius 3 is 2.82 bits per heavy atom. The molecule has 0 radical (unpaired) electrons. The summed E-state index contributed by atoms with van der Waals surface area (Å²) < 4.78 is 8.61. The topological polar surface area (TPSA) is 52.5 Å². The molecular formula is C16H15N3OS2. The Morgan fingerprint density at radius 1 is 1.27 bits per heavy atom. The molecule has 0 spiro atoms. The second kappa shape index (κ2) is 4.72. The van der Waals surface area contributed by atoms with Crippen molar-refractivity contribution in [3.8, 4) is 16.3 Å². The lowest BCUT2D eigenvalue weighted by Gasteiger charge is -2.03. The number of methoxy groups -OCH3 is 1. The molecule has 0 aliphatic heterocycles. The maximum atomic E-state index is 6.42. The van der Waals surface area contributed by atoms with E-state index in [-0.39, 0.29) is 0 Å². The van der Waals surface area contributed by atoms with Crippen LogP contribution in [-0.4, -0.2) is 16.5 Å². The van der Waals surface area contributed by atoms with E-state index >= 15 is 0 Å². The molecule has 4 aromatic heterocycles. The van der Waals surface area contributed by atoms with Crippen LogP contribution in [-0.2, 0) is 0 Å². The van der Waals surface area contributed by atoms with E-state index in [1.807, 2.05) is 10.5 Å². The normalized spacial score (nSPS) is 11.6. The highest BCUT2D eigenvalue weighted by Gasteiger charge is 2.19. The van der Waals surface area contributed by atoms with Crippen LogP contribution >= 0.6 is 22.7 Å². The van der Waals surface area contributed by atoms with Crippen molar-refractivity contribution in [3.63, 3.8) is 0 Å². The first-order valence-electron chi connectivity index (χ1n) is 6.89. The Bertz CT molecular complexity index is 1010. The van der Waals surface area contributed by atoms with E-state index in [0.717, 1.165) is 37.9 Å². The molecule has 2 N–H and O–H groups in total. The second-order valence-electron chi connectivity index (χ2n) is 5.23. The van der Waals surface area contributed by atoms with Gasteiger partial charge in [0.1, 0.15) is 17.2 Å². The number of aryl methyl sites for hydroxylation is 2. The van der Waals surface area contributed by atoms with Crippen molar-refractivity contribution in [3.05, 3.63) is 34.2 Å². The summed E-state index contributed by atoms with van der Waals surface area (Å²) in [6.07, 6.45) is 0. The summed E-state index contributed by atoms with van der Waals surface area (Å²) in [6.45, 7) is 4.13. The average molecular weight is 329 g/mol. The zero-order valence-corrected chi connectivity index (χ0v) is 14.1. The SMILES string of the molecule is COc1cc(-c2nc3c4ccsc4cc(C)n3c2N)c(C)s1. The Balaban J connectivity index is 2.08. The Morgan fingerprint density at radius 2 is 2.09 bits per heavy atom. The van der Waals surface area contributed by atoms with Gasteiger partial charge in [-0.25, -0.2) is 4.98 Å². The van der Waals surface area contributed by atoms with Crippen molar-refractivity contribution in [1.29, 1.82) is 0 Å². The number of hydrogen-bond donors (Lipinski definition) is 1. The standard InChI is InChI=1S/C16H15N3OS2/c1-8-6-12-10(4-5-21-12)16-18-14(15(17)19(8)16)11-7-13(20-3)22-9(11)2/h4-7H,17H2,1-3H3. The van der Waals surface area contributed by atoms with Crippen LogP contribution in [0.25, 0.3) is 27.0 Å². The number of aromatic nitrogens is 2. The minimum atomic E-state index is 0.684. The number of nitrogens with two attached hydrogens (primary N) is 1. The van der Waals surface area contributed by atoms with E-state index in [1.165, 1.54) is 4.70 Å². The predicted octanol–water partition coefficient (Wildman–Crippen LogP) is 4.49. The molecule has 0 amide bonds. The van der Waals surface area contributed by atoms with Crippen LogP contribution in [0.5, 0.6) is 5.06 Å². The molecule has 4 nitrogen and oxygen atoms in total. The van der Waals surface area contributed by atoms with Crippen molar-refractivity contribution < 1.29 is 4.74 Å². The summed E-state index contributed by atoms with van der Waals surface area (Å²) in [7, 11) is 1.68. The van der Waals surface area contributed by atoms with Crippen LogP contribution in [0.3, 0.4) is 0 Å². The van der Waals surface area contributed by atoms with E-state index in [1.54, 1.807) is 29.8 Å². The molecule has 0 bridgehead atoms. The number of rotatable bonds is 2. The van der Waals surface area contributed by atoms with Gasteiger partial charge in [-0.15, -0.1) is 22.7 Å². The molecule has 0 fully saturated rings. The molecule has 0 aliphatic rings. The molecule has 4 aromatic rings. The number of nitrogens with zero attached hydrogens (tertiary/aromatic N) is 2. The lowest BCUT2D eigenvalue weighted by Crippen LogP contribution is -1.97. The average Bonchev–Trinajstić information content (AvgIpc) is 3.16. The molecule has 6 heteroatoms. The number of ether oxygens (including phenoxy) is 1. The highest BCUT2D eigenvalue weighted by molar-refractivity contribution is 7.17. The molecule has 4 rings (SSSR count). The fourth-order valence-corrected chi connectivity index (χ4v) is 4.53. The number of imidazole rings is 1. The summed E-state index contributed by atoms with van der Waals surface area (Å²) in [5, 5.41) is 4.11. The Labute approximate surface area is 135 Å². The van der Waals surface area contributed by atoms with E-state index in [0.29, 0.717) is 5.82 Å².